The van der Waals surface area contributed by atoms with E-state index in [4.69, 9.17) is 8.83 Å². The molecule has 18 aromatic carbocycles. The lowest BCUT2D eigenvalue weighted by Crippen LogP contribution is -1.90. The number of para-hydroxylation sites is 2. The maximum absolute atomic E-state index is 7.29. The summed E-state index contributed by atoms with van der Waals surface area (Å²) in [6.07, 6.45) is 0. The Morgan fingerprint density at radius 2 is 0.598 bits per heavy atom. The standard InChI is InChI=1S/C96H50O2S4/c1-3-18-57-51(16-1)32-38-70-75-48-76-74-46-55(36-42-82(74)99-84(76)50-85(75)101-94(57)70)89-64-25-9-5-21-60(64)88(61-22-6-10-26-65(61)89)54-35-41-81-73(45-54)68-29-15-30-69(93(68)98-81)77-49-86-91(71-39-33-52-17-2-4-19-58(52)95(71)102-86)92-78-47-56(37-43-83(78)100-96(77)92)90-66-27-11-7-23-62(66)87(63-24-8-12-28-67(63)90)53-34-40-80-72(44-53)59-20-13-14-31-79(59)97-80/h1-50H. The van der Waals surface area contributed by atoms with Crippen LogP contribution < -0.4 is 0 Å². The van der Waals surface area contributed by atoms with Gasteiger partial charge in [0.1, 0.15) is 22.3 Å². The van der Waals surface area contributed by atoms with Crippen molar-refractivity contribution in [2.75, 3.05) is 0 Å². The van der Waals surface area contributed by atoms with Crippen molar-refractivity contribution in [3.8, 4) is 55.6 Å². The fourth-order valence-electron chi connectivity index (χ4n) is 17.8. The maximum Gasteiger partial charge on any atom is 0.143 e. The summed E-state index contributed by atoms with van der Waals surface area (Å²) in [5, 5.41) is 29.9. The second-order valence-electron chi connectivity index (χ2n) is 27.5. The van der Waals surface area contributed by atoms with Crippen molar-refractivity contribution in [3.05, 3.63) is 303 Å². The molecule has 0 bridgehead atoms. The Labute approximate surface area is 597 Å². The molecule has 0 amide bonds. The SMILES string of the molecule is c1ccc2c(c1)ccc1c3cc4c(cc3sc21)sc1ccc(-c2c3ccccc3c(-c3ccc5oc6c(-c7cc8sc9c%10ccccc%10ccc9c8c8c7sc7ccc(-c9c%10ccccc%10c(-c%10ccc%11oc%12ccccc%12c%11c%10)c%10ccccc9%10)cc78)cccc6c5c3)c3ccccc23)cc14. The van der Waals surface area contributed by atoms with Gasteiger partial charge >= 0.3 is 0 Å². The third-order valence-corrected chi connectivity index (χ3v) is 26.9. The van der Waals surface area contributed by atoms with E-state index in [1.807, 2.05) is 51.4 Å². The zero-order chi connectivity index (χ0) is 66.2. The average Bonchev–Trinajstić information content (AvgIpc) is 1.48. The minimum absolute atomic E-state index is 0.872. The molecule has 6 heteroatoms. The molecule has 6 aromatic heterocycles. The van der Waals surface area contributed by atoms with Gasteiger partial charge in [0, 0.05) is 113 Å². The van der Waals surface area contributed by atoms with Gasteiger partial charge in [0.25, 0.3) is 0 Å². The van der Waals surface area contributed by atoms with Gasteiger partial charge < -0.3 is 8.83 Å². The lowest BCUT2D eigenvalue weighted by Gasteiger charge is -2.18. The Hall–Kier alpha value is -12.0. The van der Waals surface area contributed by atoms with Crippen LogP contribution in [-0.2, 0) is 0 Å². The van der Waals surface area contributed by atoms with E-state index in [0.29, 0.717) is 0 Å². The smallest absolute Gasteiger partial charge is 0.143 e. The van der Waals surface area contributed by atoms with Crippen LogP contribution >= 0.6 is 45.3 Å². The summed E-state index contributed by atoms with van der Waals surface area (Å²) in [5.74, 6) is 0. The number of thiophene rings is 4. The van der Waals surface area contributed by atoms with E-state index in [9.17, 15) is 0 Å². The van der Waals surface area contributed by atoms with Gasteiger partial charge in [0.15, 0.2) is 0 Å². The number of hydrogen-bond acceptors (Lipinski definition) is 6. The van der Waals surface area contributed by atoms with Gasteiger partial charge in [-0.3, -0.25) is 0 Å². The van der Waals surface area contributed by atoms with Crippen LogP contribution in [0.2, 0.25) is 0 Å². The summed E-state index contributed by atoms with van der Waals surface area (Å²) in [4.78, 5) is 0. The molecule has 0 aliphatic heterocycles. The molecule has 0 saturated carbocycles. The largest absolute Gasteiger partial charge is 0.456 e. The third-order valence-electron chi connectivity index (χ3n) is 22.2. The van der Waals surface area contributed by atoms with E-state index in [1.54, 1.807) is 0 Å². The van der Waals surface area contributed by atoms with Crippen LogP contribution in [0.1, 0.15) is 0 Å². The first-order valence-electron chi connectivity index (χ1n) is 34.7. The highest BCUT2D eigenvalue weighted by Gasteiger charge is 2.26. The van der Waals surface area contributed by atoms with Gasteiger partial charge in [-0.2, -0.15) is 0 Å². The number of benzene rings is 18. The van der Waals surface area contributed by atoms with Gasteiger partial charge in [-0.25, -0.2) is 0 Å². The molecular formula is C96H50O2S4. The molecule has 0 N–H and O–H groups in total. The van der Waals surface area contributed by atoms with Crippen molar-refractivity contribution < 1.29 is 8.83 Å². The Bertz CT molecular complexity index is 7780. The zero-order valence-electron chi connectivity index (χ0n) is 54.3. The van der Waals surface area contributed by atoms with Crippen LogP contribution in [0, 0.1) is 0 Å². The lowest BCUT2D eigenvalue weighted by atomic mass is 9.85. The van der Waals surface area contributed by atoms with Crippen molar-refractivity contribution in [3.63, 3.8) is 0 Å². The topological polar surface area (TPSA) is 26.3 Å². The Kier molecular flexibility index (Phi) is 11.4. The van der Waals surface area contributed by atoms with Crippen molar-refractivity contribution in [1.29, 1.82) is 0 Å². The van der Waals surface area contributed by atoms with Crippen LogP contribution in [0.3, 0.4) is 0 Å². The Morgan fingerprint density at radius 1 is 0.186 bits per heavy atom. The third kappa shape index (κ3) is 7.76. The van der Waals surface area contributed by atoms with Crippen LogP contribution in [0.4, 0.5) is 0 Å². The van der Waals surface area contributed by atoms with E-state index < -0.39 is 0 Å². The minimum atomic E-state index is 0.872. The molecule has 0 aliphatic carbocycles. The molecule has 0 aliphatic rings. The highest BCUT2D eigenvalue weighted by Crippen LogP contribution is 2.55. The second-order valence-corrected chi connectivity index (χ2v) is 31.7. The van der Waals surface area contributed by atoms with E-state index in [0.717, 1.165) is 55.0 Å². The summed E-state index contributed by atoms with van der Waals surface area (Å²) >= 11 is 7.64. The zero-order valence-corrected chi connectivity index (χ0v) is 57.6. The van der Waals surface area contributed by atoms with Crippen molar-refractivity contribution in [2.45, 2.75) is 0 Å². The Balaban J connectivity index is 0.682. The number of fused-ring (bicyclic) bond motifs is 27. The summed E-state index contributed by atoms with van der Waals surface area (Å²) < 4.78 is 24.1. The molecule has 470 valence electrons. The van der Waals surface area contributed by atoms with Gasteiger partial charge in [-0.15, -0.1) is 45.3 Å². The first-order valence-corrected chi connectivity index (χ1v) is 38.0. The number of rotatable bonds is 5. The van der Waals surface area contributed by atoms with Crippen molar-refractivity contribution in [1.82, 2.24) is 0 Å². The van der Waals surface area contributed by atoms with Crippen LogP contribution in [-0.4, -0.2) is 0 Å². The fraction of sp³-hybridized carbons (Fsp3) is 0. The molecule has 6 heterocycles. The van der Waals surface area contributed by atoms with Crippen molar-refractivity contribution >= 4 is 235 Å². The predicted molar refractivity (Wildman–Crippen MR) is 445 cm³/mol. The highest BCUT2D eigenvalue weighted by molar-refractivity contribution is 7.29. The Morgan fingerprint density at radius 3 is 1.20 bits per heavy atom. The molecule has 0 unspecified atom stereocenters. The summed E-state index contributed by atoms with van der Waals surface area (Å²) in [6, 6.07) is 114. The number of furan rings is 2. The van der Waals surface area contributed by atoms with Crippen LogP contribution in [0.5, 0.6) is 0 Å². The van der Waals surface area contributed by atoms with Gasteiger partial charge in [0.05, 0.1) is 0 Å². The molecule has 2 nitrogen and oxygen atoms in total. The maximum atomic E-state index is 7.29. The minimum Gasteiger partial charge on any atom is -0.456 e. The van der Waals surface area contributed by atoms with E-state index >= 15 is 0 Å². The quantitative estimate of drug-likeness (QED) is 0.161. The molecule has 0 fully saturated rings. The van der Waals surface area contributed by atoms with Gasteiger partial charge in [-0.1, -0.05) is 231 Å². The molecule has 0 spiro atoms. The van der Waals surface area contributed by atoms with E-state index in [-0.39, 0.29) is 0 Å². The summed E-state index contributed by atoms with van der Waals surface area (Å²) in [5.41, 5.74) is 15.6. The van der Waals surface area contributed by atoms with Crippen molar-refractivity contribution in [2.24, 2.45) is 0 Å². The monoisotopic (exact) mass is 1360 g/mol. The first-order chi connectivity index (χ1) is 50.5. The summed E-state index contributed by atoms with van der Waals surface area (Å²) in [6.45, 7) is 0. The molecule has 24 rings (SSSR count). The van der Waals surface area contributed by atoms with E-state index in [1.165, 1.54) is 190 Å². The highest BCUT2D eigenvalue weighted by atomic mass is 32.1. The van der Waals surface area contributed by atoms with Gasteiger partial charge in [-0.05, 0) is 182 Å². The fourth-order valence-corrected chi connectivity index (χ4v) is 22.7. The van der Waals surface area contributed by atoms with Crippen LogP contribution in [0.25, 0.3) is 245 Å². The molecule has 24 aromatic rings. The van der Waals surface area contributed by atoms with Crippen LogP contribution in [0.15, 0.2) is 312 Å². The second kappa shape index (κ2) is 20.8. The first kappa shape index (κ1) is 55.8. The molecular weight excluding hydrogens is 1310 g/mol. The lowest BCUT2D eigenvalue weighted by molar-refractivity contribution is 0.669. The molecule has 0 atom stereocenters. The van der Waals surface area contributed by atoms with E-state index in [2.05, 4.69) is 297 Å². The molecule has 102 heavy (non-hydrogen) atoms. The summed E-state index contributed by atoms with van der Waals surface area (Å²) in [7, 11) is 0. The normalized spacial score (nSPS) is 12.5. The average molecular weight is 1360 g/mol. The number of hydrogen-bond donors (Lipinski definition) is 0. The molecule has 0 radical (unpaired) electrons. The predicted octanol–water partition coefficient (Wildman–Crippen LogP) is 30.2. The molecule has 0 saturated heterocycles. The van der Waals surface area contributed by atoms with Gasteiger partial charge in [0.2, 0.25) is 0 Å².